The van der Waals surface area contributed by atoms with Gasteiger partial charge in [0.1, 0.15) is 11.5 Å². The quantitative estimate of drug-likeness (QED) is 0.260. The zero-order chi connectivity index (χ0) is 22.1. The molecule has 0 bridgehead atoms. The van der Waals surface area contributed by atoms with Crippen molar-refractivity contribution in [2.45, 2.75) is 64.8 Å². The summed E-state index contributed by atoms with van der Waals surface area (Å²) >= 11 is 0. The molecule has 180 valence electrons. The van der Waals surface area contributed by atoms with Gasteiger partial charge in [0.05, 0.1) is 11.7 Å². The van der Waals surface area contributed by atoms with E-state index >= 15 is 0 Å². The summed E-state index contributed by atoms with van der Waals surface area (Å²) < 4.78 is 0. The van der Waals surface area contributed by atoms with E-state index in [4.69, 9.17) is 11.5 Å². The number of amides is 1. The summed E-state index contributed by atoms with van der Waals surface area (Å²) in [6, 6.07) is 8.42. The van der Waals surface area contributed by atoms with Gasteiger partial charge in [-0.2, -0.15) is 0 Å². The molecule has 2 rings (SSSR count). The molecule has 0 aliphatic heterocycles. The minimum Gasteiger partial charge on any atom is -0.508 e. The Labute approximate surface area is 190 Å². The highest BCUT2D eigenvalue weighted by molar-refractivity contribution is 5.97. The van der Waals surface area contributed by atoms with Gasteiger partial charge in [-0.05, 0) is 73.2 Å². The number of aryl methyl sites for hydroxylation is 2. The van der Waals surface area contributed by atoms with Crippen LogP contribution in [0, 0.1) is 0 Å². The molecule has 2 aromatic rings. The number of nitrogens with two attached hydrogens (primary N) is 2. The van der Waals surface area contributed by atoms with Crippen molar-refractivity contribution in [1.29, 1.82) is 0 Å². The van der Waals surface area contributed by atoms with E-state index < -0.39 is 6.04 Å². The standard InChI is InChI=1S/C24H35N3O3.2H2O/c1-3-7-16-13-19(17-10-11-22(28)18(15-17)8-4-2)23(29)21(14-16)27-24(30)20(26)9-5-6-12-25;;/h10-11,13-15,20,28-29H,3-9,12,25-26H2,1-2H3,(H,27,30);2*1H2/t20-;;/m0../s1. The lowest BCUT2D eigenvalue weighted by Gasteiger charge is -2.17. The Morgan fingerprint density at radius 1 is 1.03 bits per heavy atom. The van der Waals surface area contributed by atoms with Crippen LogP contribution in [0.5, 0.6) is 11.5 Å². The zero-order valence-corrected chi connectivity index (χ0v) is 19.1. The van der Waals surface area contributed by atoms with Gasteiger partial charge in [0, 0.05) is 5.56 Å². The molecular weight excluding hydrogens is 410 g/mol. The summed E-state index contributed by atoms with van der Waals surface area (Å²) in [5, 5.41) is 23.8. The Bertz CT molecular complexity index is 858. The van der Waals surface area contributed by atoms with Gasteiger partial charge in [-0.1, -0.05) is 39.2 Å². The Morgan fingerprint density at radius 2 is 1.72 bits per heavy atom. The molecule has 0 radical (unpaired) electrons. The first-order valence-electron chi connectivity index (χ1n) is 10.9. The summed E-state index contributed by atoms with van der Waals surface area (Å²) in [6.45, 7) is 4.71. The number of hydrogen-bond acceptors (Lipinski definition) is 5. The fourth-order valence-corrected chi connectivity index (χ4v) is 3.53. The molecule has 0 heterocycles. The van der Waals surface area contributed by atoms with Crippen LogP contribution in [0.2, 0.25) is 0 Å². The van der Waals surface area contributed by atoms with Gasteiger partial charge in [-0.15, -0.1) is 0 Å². The van der Waals surface area contributed by atoms with Crippen LogP contribution in [0.15, 0.2) is 30.3 Å². The van der Waals surface area contributed by atoms with Crippen molar-refractivity contribution in [2.75, 3.05) is 11.9 Å². The molecule has 0 aliphatic carbocycles. The normalized spacial score (nSPS) is 11.2. The molecule has 8 heteroatoms. The van der Waals surface area contributed by atoms with Crippen molar-refractivity contribution in [1.82, 2.24) is 0 Å². The van der Waals surface area contributed by atoms with Gasteiger partial charge in [0.2, 0.25) is 5.91 Å². The Morgan fingerprint density at radius 3 is 2.34 bits per heavy atom. The number of carbonyl (C=O) groups is 1. The second kappa shape index (κ2) is 14.4. The Kier molecular flexibility index (Phi) is 13.2. The third-order valence-corrected chi connectivity index (χ3v) is 5.18. The van der Waals surface area contributed by atoms with Crippen LogP contribution < -0.4 is 16.8 Å². The molecule has 11 N–H and O–H groups in total. The lowest BCUT2D eigenvalue weighted by atomic mass is 9.96. The van der Waals surface area contributed by atoms with E-state index in [0.717, 1.165) is 55.2 Å². The first-order valence-corrected chi connectivity index (χ1v) is 10.9. The van der Waals surface area contributed by atoms with Crippen molar-refractivity contribution in [3.63, 3.8) is 0 Å². The van der Waals surface area contributed by atoms with E-state index in [9.17, 15) is 15.0 Å². The number of unbranched alkanes of at least 4 members (excludes halogenated alkanes) is 1. The van der Waals surface area contributed by atoms with Crippen molar-refractivity contribution >= 4 is 11.6 Å². The average molecular weight is 450 g/mol. The summed E-state index contributed by atoms with van der Waals surface area (Å²) in [4.78, 5) is 12.5. The summed E-state index contributed by atoms with van der Waals surface area (Å²) in [7, 11) is 0. The first kappa shape index (κ1) is 29.4. The molecule has 1 atom stereocenters. The molecule has 0 fully saturated rings. The monoisotopic (exact) mass is 449 g/mol. The van der Waals surface area contributed by atoms with Gasteiger partial charge in [-0.3, -0.25) is 4.79 Å². The zero-order valence-electron chi connectivity index (χ0n) is 19.1. The molecule has 32 heavy (non-hydrogen) atoms. The molecule has 1 amide bonds. The van der Waals surface area contributed by atoms with E-state index in [-0.39, 0.29) is 28.4 Å². The van der Waals surface area contributed by atoms with Crippen LogP contribution in [0.4, 0.5) is 5.69 Å². The van der Waals surface area contributed by atoms with Crippen LogP contribution in [0.25, 0.3) is 11.1 Å². The average Bonchev–Trinajstić information content (AvgIpc) is 2.72. The lowest BCUT2D eigenvalue weighted by molar-refractivity contribution is -0.117. The molecule has 0 saturated carbocycles. The van der Waals surface area contributed by atoms with Crippen LogP contribution in [0.1, 0.15) is 57.1 Å². The number of rotatable bonds is 11. The van der Waals surface area contributed by atoms with E-state index in [2.05, 4.69) is 19.2 Å². The van der Waals surface area contributed by atoms with E-state index in [1.807, 2.05) is 12.1 Å². The van der Waals surface area contributed by atoms with Gasteiger partial charge >= 0.3 is 0 Å². The number of anilines is 1. The highest BCUT2D eigenvalue weighted by Crippen LogP contribution is 2.39. The lowest BCUT2D eigenvalue weighted by Crippen LogP contribution is -2.35. The fraction of sp³-hybridized carbons (Fsp3) is 0.458. The van der Waals surface area contributed by atoms with E-state index in [0.29, 0.717) is 24.2 Å². The second-order valence-electron chi connectivity index (χ2n) is 7.76. The highest BCUT2D eigenvalue weighted by atomic mass is 16.3. The number of nitrogens with one attached hydrogen (secondary N) is 1. The minimum absolute atomic E-state index is 0. The third kappa shape index (κ3) is 7.80. The maximum atomic E-state index is 12.5. The van der Waals surface area contributed by atoms with E-state index in [1.54, 1.807) is 18.2 Å². The molecule has 0 aliphatic rings. The predicted octanol–water partition coefficient (Wildman–Crippen LogP) is 2.42. The largest absolute Gasteiger partial charge is 0.508 e. The maximum absolute atomic E-state index is 12.5. The third-order valence-electron chi connectivity index (χ3n) is 5.18. The molecule has 0 saturated heterocycles. The fourth-order valence-electron chi connectivity index (χ4n) is 3.53. The minimum atomic E-state index is -0.654. The molecule has 0 unspecified atom stereocenters. The molecule has 0 aromatic heterocycles. The van der Waals surface area contributed by atoms with Crippen molar-refractivity contribution in [2.24, 2.45) is 11.5 Å². The van der Waals surface area contributed by atoms with Gasteiger partial charge in [0.15, 0.2) is 0 Å². The SMILES string of the molecule is CCCc1cc(NC(=O)[C@@H](N)CCCCN)c(O)c(-c2ccc(O)c(CCC)c2)c1.O.O. The van der Waals surface area contributed by atoms with Crippen molar-refractivity contribution in [3.05, 3.63) is 41.5 Å². The number of phenolic OH excluding ortho intramolecular Hbond substituents is 2. The topological polar surface area (TPSA) is 185 Å². The number of hydrogen-bond donors (Lipinski definition) is 5. The van der Waals surface area contributed by atoms with Crippen LogP contribution in [-0.4, -0.2) is 39.7 Å². The molecular formula is C24H39N3O5. The van der Waals surface area contributed by atoms with E-state index in [1.165, 1.54) is 0 Å². The maximum Gasteiger partial charge on any atom is 0.241 e. The molecule has 0 spiro atoms. The Balaban J connectivity index is 0.00000480. The van der Waals surface area contributed by atoms with Crippen LogP contribution >= 0.6 is 0 Å². The number of benzene rings is 2. The van der Waals surface area contributed by atoms with Crippen LogP contribution in [0.3, 0.4) is 0 Å². The Hall–Kier alpha value is -2.65. The van der Waals surface area contributed by atoms with Gasteiger partial charge in [-0.25, -0.2) is 0 Å². The van der Waals surface area contributed by atoms with Crippen molar-refractivity contribution < 1.29 is 26.0 Å². The number of phenols is 2. The first-order chi connectivity index (χ1) is 14.4. The molecule has 8 nitrogen and oxygen atoms in total. The highest BCUT2D eigenvalue weighted by Gasteiger charge is 2.18. The summed E-state index contributed by atoms with van der Waals surface area (Å²) in [5.74, 6) is -0.0634. The second-order valence-corrected chi connectivity index (χ2v) is 7.76. The van der Waals surface area contributed by atoms with Gasteiger partial charge < -0.3 is 37.9 Å². The van der Waals surface area contributed by atoms with Crippen molar-refractivity contribution in [3.8, 4) is 22.6 Å². The smallest absolute Gasteiger partial charge is 0.241 e. The predicted molar refractivity (Wildman–Crippen MR) is 130 cm³/mol. The summed E-state index contributed by atoms with van der Waals surface area (Å²) in [5.41, 5.74) is 15.2. The number of carbonyl (C=O) groups excluding carboxylic acids is 1. The summed E-state index contributed by atoms with van der Waals surface area (Å²) in [6.07, 6.45) is 5.56. The number of aromatic hydroxyl groups is 2. The van der Waals surface area contributed by atoms with Crippen LogP contribution in [-0.2, 0) is 17.6 Å². The van der Waals surface area contributed by atoms with Gasteiger partial charge in [0.25, 0.3) is 0 Å². The molecule has 2 aromatic carbocycles.